The number of nitrogens with two attached hydrogens (primary N) is 1. The van der Waals surface area contributed by atoms with Crippen molar-refractivity contribution in [2.75, 3.05) is 18.0 Å². The topological polar surface area (TPSA) is 42.1 Å². The van der Waals surface area contributed by atoms with Crippen molar-refractivity contribution >= 4 is 21.7 Å². The van der Waals surface area contributed by atoms with E-state index < -0.39 is 0 Å². The molecule has 0 aromatic carbocycles. The van der Waals surface area contributed by atoms with Gasteiger partial charge in [-0.15, -0.1) is 0 Å². The summed E-state index contributed by atoms with van der Waals surface area (Å²) in [7, 11) is 0. The molecule has 4 heteroatoms. The molecule has 1 aromatic rings. The van der Waals surface area contributed by atoms with Gasteiger partial charge in [-0.1, -0.05) is 0 Å². The molecule has 15 heavy (non-hydrogen) atoms. The van der Waals surface area contributed by atoms with Crippen LogP contribution in [0.5, 0.6) is 0 Å². The SMILES string of the molecule is Cc1cc(N(CCN)C2CC2)ncc1Br. The van der Waals surface area contributed by atoms with Gasteiger partial charge < -0.3 is 10.6 Å². The van der Waals surface area contributed by atoms with E-state index in [1.807, 2.05) is 6.20 Å². The number of rotatable bonds is 4. The first-order valence-electron chi connectivity index (χ1n) is 5.31. The van der Waals surface area contributed by atoms with Gasteiger partial charge in [0.1, 0.15) is 5.82 Å². The largest absolute Gasteiger partial charge is 0.352 e. The molecule has 1 fully saturated rings. The van der Waals surface area contributed by atoms with Crippen LogP contribution in [0.15, 0.2) is 16.7 Å². The van der Waals surface area contributed by atoms with Crippen LogP contribution in [0.3, 0.4) is 0 Å². The first-order chi connectivity index (χ1) is 7.22. The highest BCUT2D eigenvalue weighted by Gasteiger charge is 2.29. The lowest BCUT2D eigenvalue weighted by atomic mass is 10.3. The smallest absolute Gasteiger partial charge is 0.129 e. The van der Waals surface area contributed by atoms with Gasteiger partial charge in [-0.3, -0.25) is 0 Å². The van der Waals surface area contributed by atoms with Crippen LogP contribution >= 0.6 is 15.9 Å². The fourth-order valence-electron chi connectivity index (χ4n) is 1.69. The van der Waals surface area contributed by atoms with Crippen LogP contribution in [0, 0.1) is 6.92 Å². The monoisotopic (exact) mass is 269 g/mol. The van der Waals surface area contributed by atoms with Crippen LogP contribution in [-0.4, -0.2) is 24.1 Å². The first-order valence-corrected chi connectivity index (χ1v) is 6.10. The summed E-state index contributed by atoms with van der Waals surface area (Å²) in [4.78, 5) is 6.76. The molecule has 0 bridgehead atoms. The lowest BCUT2D eigenvalue weighted by Crippen LogP contribution is -2.32. The van der Waals surface area contributed by atoms with E-state index >= 15 is 0 Å². The molecule has 82 valence electrons. The number of aryl methyl sites for hydroxylation is 1. The van der Waals surface area contributed by atoms with Crippen LogP contribution in [-0.2, 0) is 0 Å². The zero-order chi connectivity index (χ0) is 10.8. The van der Waals surface area contributed by atoms with Crippen molar-refractivity contribution in [2.45, 2.75) is 25.8 Å². The molecule has 0 spiro atoms. The third kappa shape index (κ3) is 2.49. The average molecular weight is 270 g/mol. The number of nitrogens with zero attached hydrogens (tertiary/aromatic N) is 2. The molecule has 1 aliphatic rings. The molecular formula is C11H16BrN3. The van der Waals surface area contributed by atoms with Gasteiger partial charge in [0.15, 0.2) is 0 Å². The van der Waals surface area contributed by atoms with E-state index in [4.69, 9.17) is 5.73 Å². The van der Waals surface area contributed by atoms with Gasteiger partial charge in [0.25, 0.3) is 0 Å². The Morgan fingerprint density at radius 2 is 2.33 bits per heavy atom. The van der Waals surface area contributed by atoms with Gasteiger partial charge >= 0.3 is 0 Å². The molecule has 0 atom stereocenters. The lowest BCUT2D eigenvalue weighted by Gasteiger charge is -2.23. The molecule has 1 aromatic heterocycles. The highest BCUT2D eigenvalue weighted by atomic mass is 79.9. The number of anilines is 1. The normalized spacial score (nSPS) is 15.4. The Kier molecular flexibility index (Phi) is 3.26. The van der Waals surface area contributed by atoms with Gasteiger partial charge in [0.2, 0.25) is 0 Å². The van der Waals surface area contributed by atoms with Gasteiger partial charge in [0.05, 0.1) is 0 Å². The summed E-state index contributed by atoms with van der Waals surface area (Å²) < 4.78 is 1.06. The minimum Gasteiger partial charge on any atom is -0.352 e. The molecule has 0 unspecified atom stereocenters. The highest BCUT2D eigenvalue weighted by Crippen LogP contribution is 2.31. The predicted molar refractivity (Wildman–Crippen MR) is 66.1 cm³/mol. The van der Waals surface area contributed by atoms with Crippen molar-refractivity contribution in [3.05, 3.63) is 22.3 Å². The zero-order valence-corrected chi connectivity index (χ0v) is 10.5. The lowest BCUT2D eigenvalue weighted by molar-refractivity contribution is 0.770. The van der Waals surface area contributed by atoms with Crippen LogP contribution < -0.4 is 10.6 Å². The number of hydrogen-bond donors (Lipinski definition) is 1. The first kappa shape index (κ1) is 10.9. The molecule has 0 saturated heterocycles. The fourth-order valence-corrected chi connectivity index (χ4v) is 1.91. The van der Waals surface area contributed by atoms with Crippen molar-refractivity contribution in [1.29, 1.82) is 0 Å². The highest BCUT2D eigenvalue weighted by molar-refractivity contribution is 9.10. The van der Waals surface area contributed by atoms with E-state index in [0.29, 0.717) is 12.6 Å². The third-order valence-corrected chi connectivity index (χ3v) is 3.51. The van der Waals surface area contributed by atoms with Gasteiger partial charge in [-0.05, 0) is 47.3 Å². The number of pyridine rings is 1. The maximum Gasteiger partial charge on any atom is 0.129 e. The number of aromatic nitrogens is 1. The summed E-state index contributed by atoms with van der Waals surface area (Å²) >= 11 is 3.46. The van der Waals surface area contributed by atoms with Crippen molar-refractivity contribution in [3.8, 4) is 0 Å². The van der Waals surface area contributed by atoms with Crippen molar-refractivity contribution in [1.82, 2.24) is 4.98 Å². The zero-order valence-electron chi connectivity index (χ0n) is 8.91. The second kappa shape index (κ2) is 4.49. The molecule has 1 heterocycles. The Balaban J connectivity index is 2.21. The summed E-state index contributed by atoms with van der Waals surface area (Å²) in [6, 6.07) is 2.79. The second-order valence-corrected chi connectivity index (χ2v) is 4.86. The predicted octanol–water partition coefficient (Wildman–Crippen LogP) is 2.08. The van der Waals surface area contributed by atoms with Crippen molar-refractivity contribution in [3.63, 3.8) is 0 Å². The maximum atomic E-state index is 5.62. The molecule has 0 aliphatic heterocycles. The molecule has 1 saturated carbocycles. The van der Waals surface area contributed by atoms with E-state index in [9.17, 15) is 0 Å². The summed E-state index contributed by atoms with van der Waals surface area (Å²) in [5.41, 5.74) is 6.85. The average Bonchev–Trinajstić information content (AvgIpc) is 3.02. The number of hydrogen-bond acceptors (Lipinski definition) is 3. The quantitative estimate of drug-likeness (QED) is 0.910. The van der Waals surface area contributed by atoms with E-state index in [1.165, 1.54) is 18.4 Å². The van der Waals surface area contributed by atoms with Gasteiger partial charge in [-0.25, -0.2) is 4.98 Å². The minimum absolute atomic E-state index is 0.668. The van der Waals surface area contributed by atoms with Crippen molar-refractivity contribution in [2.24, 2.45) is 5.73 Å². The van der Waals surface area contributed by atoms with Crippen molar-refractivity contribution < 1.29 is 0 Å². The Morgan fingerprint density at radius 3 is 2.87 bits per heavy atom. The third-order valence-electron chi connectivity index (χ3n) is 2.68. The van der Waals surface area contributed by atoms with Gasteiger partial charge in [-0.2, -0.15) is 0 Å². The summed E-state index contributed by atoms with van der Waals surface area (Å²) in [6.45, 7) is 3.68. The van der Waals surface area contributed by atoms with E-state index in [-0.39, 0.29) is 0 Å². The van der Waals surface area contributed by atoms with Gasteiger partial charge in [0, 0.05) is 29.8 Å². The summed E-state index contributed by atoms with van der Waals surface area (Å²) in [5.74, 6) is 1.06. The van der Waals surface area contributed by atoms with E-state index in [1.54, 1.807) is 0 Å². The second-order valence-electron chi connectivity index (χ2n) is 4.00. The molecule has 3 nitrogen and oxygen atoms in total. The summed E-state index contributed by atoms with van der Waals surface area (Å²) in [6.07, 6.45) is 4.42. The maximum absolute atomic E-state index is 5.62. The van der Waals surface area contributed by atoms with E-state index in [0.717, 1.165) is 16.8 Å². The van der Waals surface area contributed by atoms with Crippen LogP contribution in [0.25, 0.3) is 0 Å². The van der Waals surface area contributed by atoms with E-state index in [2.05, 4.69) is 38.8 Å². The number of halogens is 1. The molecule has 0 amide bonds. The van der Waals surface area contributed by atoms with Crippen LogP contribution in [0.4, 0.5) is 5.82 Å². The minimum atomic E-state index is 0.668. The van der Waals surface area contributed by atoms with Crippen LogP contribution in [0.1, 0.15) is 18.4 Å². The fraction of sp³-hybridized carbons (Fsp3) is 0.545. The molecule has 2 rings (SSSR count). The Morgan fingerprint density at radius 1 is 1.60 bits per heavy atom. The molecule has 2 N–H and O–H groups in total. The standard InChI is InChI=1S/C11H16BrN3/c1-8-6-11(14-7-10(8)12)15(5-4-13)9-2-3-9/h6-7,9H,2-5,13H2,1H3. The summed E-state index contributed by atoms with van der Waals surface area (Å²) in [5, 5.41) is 0. The molecule has 1 aliphatic carbocycles. The Hall–Kier alpha value is -0.610. The Bertz CT molecular complexity index is 350. The molecule has 0 radical (unpaired) electrons. The van der Waals surface area contributed by atoms with Crippen LogP contribution in [0.2, 0.25) is 0 Å². The molecular weight excluding hydrogens is 254 g/mol. The Labute approximate surface area is 98.8 Å².